The smallest absolute Gasteiger partial charge is 0.299 e. The molecule has 1 heterocycles. The third-order valence-electron chi connectivity index (χ3n) is 3.69. The van der Waals surface area contributed by atoms with Gasteiger partial charge in [0.05, 0.1) is 12.1 Å². The highest BCUT2D eigenvalue weighted by Gasteiger charge is 2.41. The van der Waals surface area contributed by atoms with E-state index in [9.17, 15) is 18.4 Å². The van der Waals surface area contributed by atoms with Gasteiger partial charge in [0.1, 0.15) is 5.54 Å². The molecule has 1 fully saturated rings. The van der Waals surface area contributed by atoms with Crippen LogP contribution in [-0.2, 0) is 6.18 Å². The highest BCUT2D eigenvalue weighted by Crippen LogP contribution is 2.38. The Morgan fingerprint density at radius 1 is 1.60 bits per heavy atom. The molecule has 0 aromatic carbocycles. The molecule has 2 unspecified atom stereocenters. The molecular formula is C13H17F3N4. The second-order valence-electron chi connectivity index (χ2n) is 5.20. The molecule has 0 radical (unpaired) electrons. The topological polar surface area (TPSA) is 53.6 Å². The summed E-state index contributed by atoms with van der Waals surface area (Å²) in [5, 5.41) is 16.1. The van der Waals surface area contributed by atoms with E-state index in [0.717, 1.165) is 19.0 Å². The molecule has 0 amide bonds. The Balaban J connectivity index is 2.09. The molecule has 4 nitrogen and oxygen atoms in total. The van der Waals surface area contributed by atoms with Gasteiger partial charge in [0, 0.05) is 12.6 Å². The summed E-state index contributed by atoms with van der Waals surface area (Å²) in [7, 11) is 0. The summed E-state index contributed by atoms with van der Waals surface area (Å²) in [4.78, 5) is 0. The molecule has 1 aliphatic rings. The highest BCUT2D eigenvalue weighted by molar-refractivity contribution is 5.13. The summed E-state index contributed by atoms with van der Waals surface area (Å²) in [6, 6.07) is 3.10. The quantitative estimate of drug-likeness (QED) is 0.926. The van der Waals surface area contributed by atoms with Gasteiger partial charge >= 0.3 is 6.18 Å². The summed E-state index contributed by atoms with van der Waals surface area (Å²) in [6.45, 7) is 2.74. The predicted octanol–water partition coefficient (Wildman–Crippen LogP) is 2.89. The van der Waals surface area contributed by atoms with Crippen molar-refractivity contribution in [1.82, 2.24) is 15.1 Å². The van der Waals surface area contributed by atoms with Gasteiger partial charge < -0.3 is 0 Å². The van der Waals surface area contributed by atoms with E-state index in [1.165, 1.54) is 10.9 Å². The molecule has 2 atom stereocenters. The van der Waals surface area contributed by atoms with Gasteiger partial charge in [0.25, 0.3) is 0 Å². The Labute approximate surface area is 115 Å². The summed E-state index contributed by atoms with van der Waals surface area (Å²) < 4.78 is 38.9. The van der Waals surface area contributed by atoms with Gasteiger partial charge in [-0.1, -0.05) is 6.92 Å². The maximum atomic E-state index is 12.5. The number of nitriles is 1. The van der Waals surface area contributed by atoms with E-state index in [4.69, 9.17) is 0 Å². The largest absolute Gasteiger partial charge is 0.435 e. The fourth-order valence-electron chi connectivity index (χ4n) is 2.60. The van der Waals surface area contributed by atoms with Crippen molar-refractivity contribution >= 4 is 0 Å². The first kappa shape index (κ1) is 14.9. The Kier molecular flexibility index (Phi) is 4.04. The summed E-state index contributed by atoms with van der Waals surface area (Å²) in [5.41, 5.74) is -1.51. The summed E-state index contributed by atoms with van der Waals surface area (Å²) in [5.74, 6) is 0. The van der Waals surface area contributed by atoms with Crippen LogP contribution in [0.5, 0.6) is 0 Å². The standard InChI is InChI=1S/C13H17F3N4/c1-2-6-18-12(9-17)5-3-10(8-12)20-7-4-11(19-20)13(14,15)16/h4,7,10,18H,2-3,5-6,8H2,1H3. The molecule has 0 aliphatic heterocycles. The minimum absolute atomic E-state index is 0.157. The minimum atomic E-state index is -4.42. The van der Waals surface area contributed by atoms with Crippen molar-refractivity contribution < 1.29 is 13.2 Å². The van der Waals surface area contributed by atoms with Gasteiger partial charge in [-0.15, -0.1) is 0 Å². The number of nitrogens with zero attached hydrogens (tertiary/aromatic N) is 3. The number of hydrogen-bond donors (Lipinski definition) is 1. The van der Waals surface area contributed by atoms with Crippen LogP contribution >= 0.6 is 0 Å². The molecule has 20 heavy (non-hydrogen) atoms. The zero-order chi connectivity index (χ0) is 14.8. The molecule has 0 saturated heterocycles. The second kappa shape index (κ2) is 5.44. The molecule has 1 N–H and O–H groups in total. The molecular weight excluding hydrogens is 269 g/mol. The molecule has 1 aromatic rings. The fourth-order valence-corrected chi connectivity index (χ4v) is 2.60. The summed E-state index contributed by atoms with van der Waals surface area (Å²) >= 11 is 0. The first-order valence-electron chi connectivity index (χ1n) is 6.69. The van der Waals surface area contributed by atoms with E-state index in [2.05, 4.69) is 16.5 Å². The van der Waals surface area contributed by atoms with E-state index < -0.39 is 17.4 Å². The van der Waals surface area contributed by atoms with Crippen LogP contribution in [0, 0.1) is 11.3 Å². The third-order valence-corrected chi connectivity index (χ3v) is 3.69. The van der Waals surface area contributed by atoms with E-state index in [1.54, 1.807) is 0 Å². The lowest BCUT2D eigenvalue weighted by Gasteiger charge is -2.22. The first-order chi connectivity index (χ1) is 9.40. The number of aromatic nitrogens is 2. The predicted molar refractivity (Wildman–Crippen MR) is 66.8 cm³/mol. The lowest BCUT2D eigenvalue weighted by molar-refractivity contribution is -0.141. The zero-order valence-electron chi connectivity index (χ0n) is 11.2. The van der Waals surface area contributed by atoms with Crippen molar-refractivity contribution in [3.8, 4) is 6.07 Å². The van der Waals surface area contributed by atoms with Crippen molar-refractivity contribution in [2.24, 2.45) is 0 Å². The van der Waals surface area contributed by atoms with E-state index in [1.807, 2.05) is 6.92 Å². The molecule has 2 rings (SSSR count). The minimum Gasteiger partial charge on any atom is -0.299 e. The average molecular weight is 286 g/mol. The van der Waals surface area contributed by atoms with Crippen molar-refractivity contribution in [3.63, 3.8) is 0 Å². The van der Waals surface area contributed by atoms with Crippen LogP contribution in [0.15, 0.2) is 12.3 Å². The van der Waals surface area contributed by atoms with Crippen molar-refractivity contribution in [1.29, 1.82) is 5.26 Å². The molecule has 110 valence electrons. The van der Waals surface area contributed by atoms with Gasteiger partial charge in [-0.3, -0.25) is 10.00 Å². The van der Waals surface area contributed by atoms with Gasteiger partial charge in [-0.25, -0.2) is 0 Å². The van der Waals surface area contributed by atoms with Crippen LogP contribution < -0.4 is 5.32 Å². The number of hydrogen-bond acceptors (Lipinski definition) is 3. The maximum absolute atomic E-state index is 12.5. The maximum Gasteiger partial charge on any atom is 0.435 e. The Morgan fingerprint density at radius 3 is 2.90 bits per heavy atom. The second-order valence-corrected chi connectivity index (χ2v) is 5.20. The zero-order valence-corrected chi connectivity index (χ0v) is 11.2. The summed E-state index contributed by atoms with van der Waals surface area (Å²) in [6.07, 6.45) is -0.382. The van der Waals surface area contributed by atoms with Crippen LogP contribution in [0.25, 0.3) is 0 Å². The molecule has 0 spiro atoms. The monoisotopic (exact) mass is 286 g/mol. The number of nitrogens with one attached hydrogen (secondary N) is 1. The first-order valence-corrected chi connectivity index (χ1v) is 6.69. The highest BCUT2D eigenvalue weighted by atomic mass is 19.4. The van der Waals surface area contributed by atoms with E-state index in [0.29, 0.717) is 19.3 Å². The number of rotatable bonds is 4. The molecule has 0 bridgehead atoms. The lowest BCUT2D eigenvalue weighted by atomic mass is 9.99. The number of halogens is 3. The number of alkyl halides is 3. The average Bonchev–Trinajstić information content (AvgIpc) is 3.03. The normalized spacial score (nSPS) is 26.6. The van der Waals surface area contributed by atoms with Gasteiger partial charge in [-0.2, -0.15) is 23.5 Å². The lowest BCUT2D eigenvalue weighted by Crippen LogP contribution is -2.42. The molecule has 7 heteroatoms. The van der Waals surface area contributed by atoms with Crippen molar-refractivity contribution in [2.45, 2.75) is 50.4 Å². The van der Waals surface area contributed by atoms with Crippen LogP contribution in [0.3, 0.4) is 0 Å². The Bertz CT molecular complexity index is 502. The van der Waals surface area contributed by atoms with Crippen molar-refractivity contribution in [2.75, 3.05) is 6.54 Å². The van der Waals surface area contributed by atoms with Gasteiger partial charge in [0.15, 0.2) is 5.69 Å². The van der Waals surface area contributed by atoms with Crippen molar-refractivity contribution in [3.05, 3.63) is 18.0 Å². The van der Waals surface area contributed by atoms with Gasteiger partial charge in [-0.05, 0) is 31.9 Å². The Hall–Kier alpha value is -1.55. The molecule has 1 saturated carbocycles. The third kappa shape index (κ3) is 2.96. The Morgan fingerprint density at radius 2 is 2.35 bits per heavy atom. The van der Waals surface area contributed by atoms with E-state index in [-0.39, 0.29) is 6.04 Å². The SMILES string of the molecule is CCCNC1(C#N)CCC(n2ccc(C(F)(F)F)n2)C1. The van der Waals surface area contributed by atoms with Crippen LogP contribution in [0.4, 0.5) is 13.2 Å². The van der Waals surface area contributed by atoms with E-state index >= 15 is 0 Å². The van der Waals surface area contributed by atoms with Crippen LogP contribution in [-0.4, -0.2) is 21.9 Å². The fraction of sp³-hybridized carbons (Fsp3) is 0.692. The van der Waals surface area contributed by atoms with Crippen LogP contribution in [0.2, 0.25) is 0 Å². The van der Waals surface area contributed by atoms with Gasteiger partial charge in [0.2, 0.25) is 0 Å². The van der Waals surface area contributed by atoms with Crippen LogP contribution in [0.1, 0.15) is 44.3 Å². The molecule has 1 aromatic heterocycles. The molecule has 1 aliphatic carbocycles.